The van der Waals surface area contributed by atoms with Crippen molar-refractivity contribution < 1.29 is 18.8 Å². The summed E-state index contributed by atoms with van der Waals surface area (Å²) in [4.78, 5) is 23.1. The van der Waals surface area contributed by atoms with E-state index in [0.717, 1.165) is 25.8 Å². The minimum Gasteiger partial charge on any atom is -0.465 e. The van der Waals surface area contributed by atoms with Gasteiger partial charge in [0.1, 0.15) is 0 Å². The summed E-state index contributed by atoms with van der Waals surface area (Å²) in [5.74, 6) is -0.0411. The zero-order valence-corrected chi connectivity index (χ0v) is 17.1. The van der Waals surface area contributed by atoms with Gasteiger partial charge in [0.2, 0.25) is 5.91 Å². The molecule has 0 unspecified atom stereocenters. The van der Waals surface area contributed by atoms with E-state index in [4.69, 9.17) is 4.74 Å². The normalized spacial score (nSPS) is 11.4. The predicted molar refractivity (Wildman–Crippen MR) is 103 cm³/mol. The number of esters is 1. The van der Waals surface area contributed by atoms with Crippen LogP contribution < -0.4 is 5.32 Å². The fraction of sp³-hybridized carbons (Fsp3) is 0.900. The van der Waals surface area contributed by atoms with Crippen molar-refractivity contribution in [2.45, 2.75) is 77.6 Å². The van der Waals surface area contributed by atoms with Crippen LogP contribution in [0.4, 0.5) is 0 Å². The van der Waals surface area contributed by atoms with Crippen LogP contribution in [0.5, 0.6) is 0 Å². The zero-order valence-electron chi connectivity index (χ0n) is 17.1. The summed E-state index contributed by atoms with van der Waals surface area (Å²) in [6.45, 7) is 4.13. The summed E-state index contributed by atoms with van der Waals surface area (Å²) in [5, 5.41) is 2.98. The van der Waals surface area contributed by atoms with E-state index in [0.29, 0.717) is 24.0 Å². The second kappa shape index (κ2) is 15.2. The number of methoxy groups -OCH3 is 1. The van der Waals surface area contributed by atoms with Gasteiger partial charge in [-0.1, -0.05) is 58.3 Å². The molecule has 0 rings (SSSR count). The quantitative estimate of drug-likeness (QED) is 0.260. The molecule has 0 fully saturated rings. The fourth-order valence-electron chi connectivity index (χ4n) is 2.91. The molecule has 1 N–H and O–H groups in total. The molecule has 0 aliphatic heterocycles. The number of carbonyl (C=O) groups is 2. The highest BCUT2D eigenvalue weighted by atomic mass is 16.5. The average molecular weight is 358 g/mol. The highest BCUT2D eigenvalue weighted by molar-refractivity contribution is 5.75. The molecule has 0 radical (unpaired) electrons. The average Bonchev–Trinajstić information content (AvgIpc) is 2.56. The molecule has 0 aromatic heterocycles. The first-order valence-corrected chi connectivity index (χ1v) is 10.1. The van der Waals surface area contributed by atoms with Gasteiger partial charge in [-0.15, -0.1) is 0 Å². The molecule has 0 bridgehead atoms. The second-order valence-corrected chi connectivity index (χ2v) is 7.68. The SMILES string of the molecule is CCCCCCCCCCCC(=O)NCCC[N+](C)(C)CC(=O)OC. The van der Waals surface area contributed by atoms with Gasteiger partial charge in [0.25, 0.3) is 0 Å². The Morgan fingerprint density at radius 2 is 1.44 bits per heavy atom. The maximum Gasteiger partial charge on any atom is 0.361 e. The molecule has 0 aliphatic carbocycles. The first-order chi connectivity index (χ1) is 11.9. The van der Waals surface area contributed by atoms with Crippen molar-refractivity contribution in [3.05, 3.63) is 0 Å². The topological polar surface area (TPSA) is 55.4 Å². The number of amides is 1. The Kier molecular flexibility index (Phi) is 14.5. The van der Waals surface area contributed by atoms with Crippen molar-refractivity contribution >= 4 is 11.9 Å². The Bertz CT molecular complexity index is 357. The Labute approximate surface area is 155 Å². The minimum atomic E-state index is -0.195. The van der Waals surface area contributed by atoms with Gasteiger partial charge >= 0.3 is 5.97 Å². The van der Waals surface area contributed by atoms with E-state index in [9.17, 15) is 9.59 Å². The van der Waals surface area contributed by atoms with Crippen LogP contribution in [0.25, 0.3) is 0 Å². The lowest BCUT2D eigenvalue weighted by Gasteiger charge is -2.28. The molecule has 5 heteroatoms. The molecule has 0 aromatic carbocycles. The van der Waals surface area contributed by atoms with E-state index in [1.54, 1.807) is 0 Å². The van der Waals surface area contributed by atoms with Gasteiger partial charge in [-0.25, -0.2) is 4.79 Å². The van der Waals surface area contributed by atoms with Crippen molar-refractivity contribution in [1.29, 1.82) is 0 Å². The van der Waals surface area contributed by atoms with Crippen molar-refractivity contribution in [2.75, 3.05) is 40.8 Å². The molecule has 1 amide bonds. The first kappa shape index (κ1) is 23.9. The number of unbranched alkanes of at least 4 members (excludes halogenated alkanes) is 8. The van der Waals surface area contributed by atoms with Gasteiger partial charge in [0.15, 0.2) is 6.54 Å². The number of carbonyl (C=O) groups excluding carboxylic acids is 2. The van der Waals surface area contributed by atoms with Crippen LogP contribution in [0.1, 0.15) is 77.6 Å². The third kappa shape index (κ3) is 16.1. The molecule has 0 atom stereocenters. The third-order valence-electron chi connectivity index (χ3n) is 4.55. The van der Waals surface area contributed by atoms with Crippen molar-refractivity contribution in [3.8, 4) is 0 Å². The van der Waals surface area contributed by atoms with E-state index >= 15 is 0 Å². The largest absolute Gasteiger partial charge is 0.465 e. The maximum atomic E-state index is 11.8. The number of rotatable bonds is 16. The van der Waals surface area contributed by atoms with E-state index in [2.05, 4.69) is 12.2 Å². The Morgan fingerprint density at radius 1 is 0.880 bits per heavy atom. The monoisotopic (exact) mass is 357 g/mol. The van der Waals surface area contributed by atoms with Gasteiger partial charge in [-0.2, -0.15) is 0 Å². The number of ether oxygens (including phenoxy) is 1. The second-order valence-electron chi connectivity index (χ2n) is 7.68. The molecule has 0 saturated heterocycles. The maximum absolute atomic E-state index is 11.8. The summed E-state index contributed by atoms with van der Waals surface area (Å²) in [6, 6.07) is 0. The molecule has 0 heterocycles. The summed E-state index contributed by atoms with van der Waals surface area (Å²) in [5.41, 5.74) is 0. The van der Waals surface area contributed by atoms with Crippen LogP contribution in [0.2, 0.25) is 0 Å². The highest BCUT2D eigenvalue weighted by Crippen LogP contribution is 2.10. The van der Waals surface area contributed by atoms with Gasteiger partial charge < -0.3 is 14.5 Å². The lowest BCUT2D eigenvalue weighted by molar-refractivity contribution is -0.883. The van der Waals surface area contributed by atoms with Gasteiger partial charge in [-0.05, 0) is 6.42 Å². The van der Waals surface area contributed by atoms with Crippen LogP contribution in [-0.2, 0) is 14.3 Å². The summed E-state index contributed by atoms with van der Waals surface area (Å²) in [7, 11) is 5.41. The Morgan fingerprint density at radius 3 is 2.00 bits per heavy atom. The molecule has 25 heavy (non-hydrogen) atoms. The summed E-state index contributed by atoms with van der Waals surface area (Å²) < 4.78 is 5.29. The fourth-order valence-corrected chi connectivity index (χ4v) is 2.91. The number of likely N-dealkylation sites (N-methyl/N-ethyl adjacent to an activating group) is 1. The van der Waals surface area contributed by atoms with Crippen LogP contribution >= 0.6 is 0 Å². The van der Waals surface area contributed by atoms with Crippen molar-refractivity contribution in [3.63, 3.8) is 0 Å². The molecule has 0 aliphatic rings. The number of quaternary nitrogens is 1. The van der Waals surface area contributed by atoms with E-state index in [1.807, 2.05) is 14.1 Å². The van der Waals surface area contributed by atoms with E-state index in [1.165, 1.54) is 52.1 Å². The van der Waals surface area contributed by atoms with Gasteiger partial charge in [0, 0.05) is 19.4 Å². The number of nitrogens with one attached hydrogen (secondary N) is 1. The molecule has 0 spiro atoms. The van der Waals surface area contributed by atoms with Crippen LogP contribution in [0, 0.1) is 0 Å². The van der Waals surface area contributed by atoms with Crippen molar-refractivity contribution in [2.24, 2.45) is 0 Å². The highest BCUT2D eigenvalue weighted by Gasteiger charge is 2.19. The molecule has 0 aromatic rings. The molecule has 5 nitrogen and oxygen atoms in total. The molecule has 0 saturated carbocycles. The Balaban J connectivity index is 3.48. The third-order valence-corrected chi connectivity index (χ3v) is 4.55. The van der Waals surface area contributed by atoms with Crippen LogP contribution in [0.3, 0.4) is 0 Å². The smallest absolute Gasteiger partial charge is 0.361 e. The minimum absolute atomic E-state index is 0.154. The van der Waals surface area contributed by atoms with Crippen LogP contribution in [0.15, 0.2) is 0 Å². The summed E-state index contributed by atoms with van der Waals surface area (Å²) >= 11 is 0. The van der Waals surface area contributed by atoms with E-state index in [-0.39, 0.29) is 11.9 Å². The summed E-state index contributed by atoms with van der Waals surface area (Å²) in [6.07, 6.45) is 12.9. The Hall–Kier alpha value is -1.10. The number of nitrogens with zero attached hydrogens (tertiary/aromatic N) is 1. The van der Waals surface area contributed by atoms with Gasteiger partial charge in [-0.3, -0.25) is 4.79 Å². The molecule has 148 valence electrons. The number of hydrogen-bond acceptors (Lipinski definition) is 3. The lowest BCUT2D eigenvalue weighted by Crippen LogP contribution is -2.45. The van der Waals surface area contributed by atoms with E-state index < -0.39 is 0 Å². The molecular formula is C20H41N2O3+. The molecular weight excluding hydrogens is 316 g/mol. The lowest BCUT2D eigenvalue weighted by atomic mass is 10.1. The predicted octanol–water partition coefficient (Wildman–Crippen LogP) is 3.66. The number of hydrogen-bond donors (Lipinski definition) is 1. The first-order valence-electron chi connectivity index (χ1n) is 10.1. The van der Waals surface area contributed by atoms with Crippen LogP contribution in [-0.4, -0.2) is 57.2 Å². The standard InChI is InChI=1S/C20H40N2O3/c1-5-6-7-8-9-10-11-12-13-15-19(23)21-16-14-17-22(2,3)18-20(24)25-4/h5-18H2,1-4H3/p+1. The van der Waals surface area contributed by atoms with Crippen molar-refractivity contribution in [1.82, 2.24) is 5.32 Å². The van der Waals surface area contributed by atoms with Gasteiger partial charge in [0.05, 0.1) is 27.7 Å². The zero-order chi connectivity index (χ0) is 19.0.